The van der Waals surface area contributed by atoms with Crippen LogP contribution in [0.1, 0.15) is 11.1 Å². The highest BCUT2D eigenvalue weighted by molar-refractivity contribution is 8.00. The molecule has 0 unspecified atom stereocenters. The van der Waals surface area contributed by atoms with Gasteiger partial charge in [-0.1, -0.05) is 18.2 Å². The molecule has 0 radical (unpaired) electrons. The van der Waals surface area contributed by atoms with E-state index in [1.54, 1.807) is 27.5 Å². The maximum absolute atomic E-state index is 12.1. The summed E-state index contributed by atoms with van der Waals surface area (Å²) >= 11 is 1.59. The van der Waals surface area contributed by atoms with Crippen LogP contribution in [-0.2, 0) is 18.4 Å². The topological polar surface area (TPSA) is 38.1 Å². The zero-order valence-electron chi connectivity index (χ0n) is 12.0. The molecule has 0 fully saturated rings. The lowest BCUT2D eigenvalue weighted by molar-refractivity contribution is -0.127. The van der Waals surface area contributed by atoms with Crippen LogP contribution in [0.25, 0.3) is 0 Å². The summed E-state index contributed by atoms with van der Waals surface area (Å²) in [7, 11) is 3.70. The summed E-state index contributed by atoms with van der Waals surface area (Å²) in [4.78, 5) is 15.0. The number of hydrogen-bond acceptors (Lipinski definition) is 3. The van der Waals surface area contributed by atoms with E-state index in [4.69, 9.17) is 0 Å². The Balaban J connectivity index is 1.87. The van der Waals surface area contributed by atoms with Crippen LogP contribution in [0.3, 0.4) is 0 Å². The molecule has 1 heterocycles. The highest BCUT2D eigenvalue weighted by Gasteiger charge is 2.11. The summed E-state index contributed by atoms with van der Waals surface area (Å²) in [6.07, 6.45) is 3.72. The van der Waals surface area contributed by atoms with Crippen molar-refractivity contribution >= 4 is 17.7 Å². The number of aromatic nitrogens is 2. The molecule has 2 aromatic rings. The fraction of sp³-hybridized carbons (Fsp3) is 0.333. The number of aryl methyl sites for hydroxylation is 2. The first-order valence-corrected chi connectivity index (χ1v) is 7.44. The van der Waals surface area contributed by atoms with E-state index >= 15 is 0 Å². The second-order valence-corrected chi connectivity index (χ2v) is 5.84. The van der Waals surface area contributed by atoms with Crippen molar-refractivity contribution in [2.75, 3.05) is 12.8 Å². The predicted octanol–water partition coefficient (Wildman–Crippen LogP) is 2.48. The van der Waals surface area contributed by atoms with Gasteiger partial charge in [0.05, 0.1) is 11.9 Å². The maximum atomic E-state index is 12.1. The summed E-state index contributed by atoms with van der Waals surface area (Å²) in [5.41, 5.74) is 2.25. The maximum Gasteiger partial charge on any atom is 0.232 e. The quantitative estimate of drug-likeness (QED) is 0.794. The number of nitrogens with zero attached hydrogens (tertiary/aromatic N) is 3. The molecule has 0 aliphatic rings. The summed E-state index contributed by atoms with van der Waals surface area (Å²) in [5, 5.41) is 4.11. The number of benzene rings is 1. The summed E-state index contributed by atoms with van der Waals surface area (Å²) in [5.74, 6) is 0.587. The molecule has 1 aromatic heterocycles. The van der Waals surface area contributed by atoms with Gasteiger partial charge in [0.15, 0.2) is 0 Å². The molecule has 20 heavy (non-hydrogen) atoms. The van der Waals surface area contributed by atoms with Gasteiger partial charge in [0, 0.05) is 37.3 Å². The molecule has 0 aliphatic heterocycles. The highest BCUT2D eigenvalue weighted by Crippen LogP contribution is 2.22. The first-order valence-electron chi connectivity index (χ1n) is 6.46. The van der Waals surface area contributed by atoms with Crippen molar-refractivity contribution in [1.82, 2.24) is 14.7 Å². The van der Waals surface area contributed by atoms with E-state index in [-0.39, 0.29) is 5.91 Å². The Morgan fingerprint density at radius 1 is 1.40 bits per heavy atom. The van der Waals surface area contributed by atoms with E-state index in [9.17, 15) is 4.79 Å². The Bertz CT molecular complexity index is 594. The van der Waals surface area contributed by atoms with Crippen LogP contribution in [0.2, 0.25) is 0 Å². The molecule has 106 valence electrons. The Labute approximate surface area is 123 Å². The largest absolute Gasteiger partial charge is 0.341 e. The van der Waals surface area contributed by atoms with Crippen molar-refractivity contribution < 1.29 is 4.79 Å². The van der Waals surface area contributed by atoms with Gasteiger partial charge in [-0.2, -0.15) is 5.10 Å². The molecule has 5 heteroatoms. The van der Waals surface area contributed by atoms with Crippen molar-refractivity contribution in [2.24, 2.45) is 7.05 Å². The van der Waals surface area contributed by atoms with Crippen molar-refractivity contribution in [3.05, 3.63) is 47.8 Å². The average molecular weight is 289 g/mol. The van der Waals surface area contributed by atoms with Crippen LogP contribution in [0, 0.1) is 6.92 Å². The summed E-state index contributed by atoms with van der Waals surface area (Å²) < 4.78 is 1.75. The third kappa shape index (κ3) is 3.87. The van der Waals surface area contributed by atoms with Gasteiger partial charge < -0.3 is 4.90 Å². The first-order chi connectivity index (χ1) is 9.56. The minimum Gasteiger partial charge on any atom is -0.341 e. The standard InChI is InChI=1S/C15H19N3OS/c1-12-6-4-5-7-14(12)20-11-15(19)17(2)9-13-8-16-18(3)10-13/h4-8,10H,9,11H2,1-3H3. The molecule has 0 aliphatic carbocycles. The van der Waals surface area contributed by atoms with Crippen molar-refractivity contribution in [3.63, 3.8) is 0 Å². The van der Waals surface area contributed by atoms with Gasteiger partial charge in [0.2, 0.25) is 5.91 Å². The number of carbonyl (C=O) groups excluding carboxylic acids is 1. The molecular formula is C15H19N3OS. The van der Waals surface area contributed by atoms with Gasteiger partial charge in [0.1, 0.15) is 0 Å². The summed E-state index contributed by atoms with van der Waals surface area (Å²) in [6, 6.07) is 8.12. The molecule has 1 amide bonds. The zero-order chi connectivity index (χ0) is 14.5. The molecule has 0 spiro atoms. The van der Waals surface area contributed by atoms with Gasteiger partial charge >= 0.3 is 0 Å². The van der Waals surface area contributed by atoms with Gasteiger partial charge in [0.25, 0.3) is 0 Å². The molecular weight excluding hydrogens is 270 g/mol. The van der Waals surface area contributed by atoms with Crippen LogP contribution in [0.15, 0.2) is 41.6 Å². The minimum atomic E-state index is 0.127. The Morgan fingerprint density at radius 3 is 2.80 bits per heavy atom. The highest BCUT2D eigenvalue weighted by atomic mass is 32.2. The fourth-order valence-corrected chi connectivity index (χ4v) is 2.85. The number of hydrogen-bond donors (Lipinski definition) is 0. The lowest BCUT2D eigenvalue weighted by atomic mass is 10.2. The Kier molecular flexibility index (Phi) is 4.84. The SMILES string of the molecule is Cc1ccccc1SCC(=O)N(C)Cc1cnn(C)c1. The number of thioether (sulfide) groups is 1. The van der Waals surface area contributed by atoms with Crippen LogP contribution in [-0.4, -0.2) is 33.4 Å². The lowest BCUT2D eigenvalue weighted by Gasteiger charge is -2.16. The van der Waals surface area contributed by atoms with E-state index < -0.39 is 0 Å². The van der Waals surface area contributed by atoms with Gasteiger partial charge in [-0.3, -0.25) is 9.48 Å². The van der Waals surface area contributed by atoms with Crippen molar-refractivity contribution in [2.45, 2.75) is 18.4 Å². The second kappa shape index (κ2) is 6.61. The van der Waals surface area contributed by atoms with Crippen LogP contribution >= 0.6 is 11.8 Å². The number of rotatable bonds is 5. The third-order valence-corrected chi connectivity index (χ3v) is 4.21. The predicted molar refractivity (Wildman–Crippen MR) is 81.6 cm³/mol. The second-order valence-electron chi connectivity index (χ2n) is 4.83. The van der Waals surface area contributed by atoms with Crippen molar-refractivity contribution in [3.8, 4) is 0 Å². The van der Waals surface area contributed by atoms with Crippen molar-refractivity contribution in [1.29, 1.82) is 0 Å². The monoisotopic (exact) mass is 289 g/mol. The van der Waals surface area contributed by atoms with Crippen LogP contribution < -0.4 is 0 Å². The zero-order valence-corrected chi connectivity index (χ0v) is 12.9. The molecule has 1 aromatic carbocycles. The lowest BCUT2D eigenvalue weighted by Crippen LogP contribution is -2.27. The Hall–Kier alpha value is -1.75. The fourth-order valence-electron chi connectivity index (χ4n) is 1.88. The van der Waals surface area contributed by atoms with E-state index in [2.05, 4.69) is 18.1 Å². The van der Waals surface area contributed by atoms with Gasteiger partial charge in [-0.25, -0.2) is 0 Å². The number of carbonyl (C=O) groups is 1. The first kappa shape index (κ1) is 14.7. The van der Waals surface area contributed by atoms with Crippen LogP contribution in [0.5, 0.6) is 0 Å². The third-order valence-electron chi connectivity index (χ3n) is 3.05. The number of amides is 1. The van der Waals surface area contributed by atoms with Gasteiger partial charge in [-0.05, 0) is 18.6 Å². The van der Waals surface area contributed by atoms with E-state index in [0.29, 0.717) is 12.3 Å². The van der Waals surface area contributed by atoms with E-state index in [0.717, 1.165) is 10.5 Å². The molecule has 0 bridgehead atoms. The molecule has 4 nitrogen and oxygen atoms in total. The van der Waals surface area contributed by atoms with E-state index in [1.165, 1.54) is 5.56 Å². The molecule has 0 saturated heterocycles. The Morgan fingerprint density at radius 2 is 2.15 bits per heavy atom. The van der Waals surface area contributed by atoms with Gasteiger partial charge in [-0.15, -0.1) is 11.8 Å². The van der Waals surface area contributed by atoms with E-state index in [1.807, 2.05) is 38.5 Å². The summed E-state index contributed by atoms with van der Waals surface area (Å²) in [6.45, 7) is 2.66. The van der Waals surface area contributed by atoms with Crippen LogP contribution in [0.4, 0.5) is 0 Å². The molecule has 0 N–H and O–H groups in total. The smallest absolute Gasteiger partial charge is 0.232 e. The molecule has 0 atom stereocenters. The molecule has 0 saturated carbocycles. The average Bonchev–Trinajstić information content (AvgIpc) is 2.82. The minimum absolute atomic E-state index is 0.127. The molecule has 2 rings (SSSR count). The normalized spacial score (nSPS) is 10.6.